The molecule has 2 aliphatic heterocycles. The molecule has 1 aromatic carbocycles. The third-order valence-electron chi connectivity index (χ3n) is 5.15. The molecule has 5 nitrogen and oxygen atoms in total. The minimum atomic E-state index is 0.202. The van der Waals surface area contributed by atoms with Gasteiger partial charge in [-0.1, -0.05) is 12.1 Å². The Hall–Kier alpha value is -2.27. The van der Waals surface area contributed by atoms with Crippen molar-refractivity contribution in [2.24, 2.45) is 0 Å². The number of benzene rings is 1. The summed E-state index contributed by atoms with van der Waals surface area (Å²) >= 11 is 0. The molecule has 0 bridgehead atoms. The smallest absolute Gasteiger partial charge is 0.227 e. The maximum atomic E-state index is 12.6. The molecule has 1 aromatic heterocycles. The van der Waals surface area contributed by atoms with Crippen LogP contribution in [-0.4, -0.2) is 50.2 Å². The number of anilines is 1. The van der Waals surface area contributed by atoms with Gasteiger partial charge in [-0.25, -0.2) is 0 Å². The lowest BCUT2D eigenvalue weighted by Crippen LogP contribution is -2.36. The fourth-order valence-electron chi connectivity index (χ4n) is 3.68. The maximum Gasteiger partial charge on any atom is 0.227 e. The number of rotatable bonds is 4. The van der Waals surface area contributed by atoms with E-state index >= 15 is 0 Å². The molecule has 2 fully saturated rings. The zero-order chi connectivity index (χ0) is 17.1. The van der Waals surface area contributed by atoms with Gasteiger partial charge < -0.3 is 19.0 Å². The Kier molecular flexibility index (Phi) is 4.74. The summed E-state index contributed by atoms with van der Waals surface area (Å²) in [6, 6.07) is 12.3. The van der Waals surface area contributed by atoms with Gasteiger partial charge in [0.1, 0.15) is 5.76 Å². The summed E-state index contributed by atoms with van der Waals surface area (Å²) in [5.74, 6) is 1.53. The number of ether oxygens (including phenoxy) is 1. The lowest BCUT2D eigenvalue weighted by molar-refractivity contribution is -0.129. The first-order valence-electron chi connectivity index (χ1n) is 9.02. The molecule has 2 aliphatic rings. The van der Waals surface area contributed by atoms with Gasteiger partial charge in [0, 0.05) is 37.8 Å². The third kappa shape index (κ3) is 3.71. The first-order valence-corrected chi connectivity index (χ1v) is 9.02. The molecular formula is C20H24N2O3. The largest absolute Gasteiger partial charge is 0.469 e. The Morgan fingerprint density at radius 1 is 1.08 bits per heavy atom. The molecule has 2 saturated heterocycles. The standard InChI is InChI=1S/C20H24N2O3/c23-20(22-8-7-17(15-22)19-2-1-11-25-19)14-16-3-5-18(6-4-16)21-9-12-24-13-10-21/h1-6,11,17H,7-10,12-15H2. The molecule has 0 radical (unpaired) electrons. The molecule has 1 unspecified atom stereocenters. The number of carbonyl (C=O) groups excluding carboxylic acids is 1. The second-order valence-electron chi connectivity index (χ2n) is 6.78. The highest BCUT2D eigenvalue weighted by molar-refractivity contribution is 5.79. The van der Waals surface area contributed by atoms with Crippen molar-refractivity contribution in [1.82, 2.24) is 4.90 Å². The molecule has 0 N–H and O–H groups in total. The molecule has 1 amide bonds. The van der Waals surface area contributed by atoms with Crippen molar-refractivity contribution >= 4 is 11.6 Å². The van der Waals surface area contributed by atoms with Crippen molar-refractivity contribution in [2.75, 3.05) is 44.3 Å². The van der Waals surface area contributed by atoms with Crippen LogP contribution in [0.2, 0.25) is 0 Å². The number of hydrogen-bond acceptors (Lipinski definition) is 4. The number of nitrogens with zero attached hydrogens (tertiary/aromatic N) is 2. The molecule has 2 aromatic rings. The minimum Gasteiger partial charge on any atom is -0.469 e. The SMILES string of the molecule is O=C(Cc1ccc(N2CCOCC2)cc1)N1CCC(c2ccco2)C1. The molecule has 0 spiro atoms. The van der Waals surface area contributed by atoms with Crippen molar-refractivity contribution in [2.45, 2.75) is 18.8 Å². The molecule has 0 saturated carbocycles. The van der Waals surface area contributed by atoms with Gasteiger partial charge in [-0.05, 0) is 36.2 Å². The van der Waals surface area contributed by atoms with Crippen LogP contribution in [0.1, 0.15) is 23.7 Å². The predicted molar refractivity (Wildman–Crippen MR) is 95.8 cm³/mol. The van der Waals surface area contributed by atoms with E-state index in [-0.39, 0.29) is 5.91 Å². The summed E-state index contributed by atoms with van der Waals surface area (Å²) in [6.45, 7) is 5.01. The van der Waals surface area contributed by atoms with E-state index in [0.29, 0.717) is 12.3 Å². The van der Waals surface area contributed by atoms with Gasteiger partial charge in [0.25, 0.3) is 0 Å². The molecule has 132 valence electrons. The molecule has 25 heavy (non-hydrogen) atoms. The number of furan rings is 1. The zero-order valence-electron chi connectivity index (χ0n) is 14.4. The fraction of sp³-hybridized carbons (Fsp3) is 0.450. The highest BCUT2D eigenvalue weighted by atomic mass is 16.5. The van der Waals surface area contributed by atoms with Crippen LogP contribution < -0.4 is 4.90 Å². The monoisotopic (exact) mass is 340 g/mol. The number of morpholine rings is 1. The molecule has 5 heteroatoms. The van der Waals surface area contributed by atoms with Gasteiger partial charge in [-0.3, -0.25) is 4.79 Å². The summed E-state index contributed by atoms with van der Waals surface area (Å²) in [6.07, 6.45) is 3.15. The molecule has 1 atom stereocenters. The number of hydrogen-bond donors (Lipinski definition) is 0. The van der Waals surface area contributed by atoms with Gasteiger partial charge >= 0.3 is 0 Å². The van der Waals surface area contributed by atoms with Gasteiger partial charge in [0.15, 0.2) is 0 Å². The predicted octanol–water partition coefficient (Wildman–Crippen LogP) is 2.67. The van der Waals surface area contributed by atoms with E-state index in [4.69, 9.17) is 9.15 Å². The second-order valence-corrected chi connectivity index (χ2v) is 6.78. The lowest BCUT2D eigenvalue weighted by atomic mass is 10.1. The third-order valence-corrected chi connectivity index (χ3v) is 5.15. The quantitative estimate of drug-likeness (QED) is 0.858. The van der Waals surface area contributed by atoms with Crippen molar-refractivity contribution in [1.29, 1.82) is 0 Å². The van der Waals surface area contributed by atoms with E-state index in [0.717, 1.165) is 57.1 Å². The number of carbonyl (C=O) groups is 1. The zero-order valence-corrected chi connectivity index (χ0v) is 14.4. The summed E-state index contributed by atoms with van der Waals surface area (Å²) in [4.78, 5) is 16.9. The van der Waals surface area contributed by atoms with E-state index < -0.39 is 0 Å². The molecule has 4 rings (SSSR count). The number of likely N-dealkylation sites (tertiary alicyclic amines) is 1. The normalized spacial score (nSPS) is 20.9. The molecule has 0 aliphatic carbocycles. The highest BCUT2D eigenvalue weighted by Crippen LogP contribution is 2.28. The van der Waals surface area contributed by atoms with Gasteiger partial charge in [0.05, 0.1) is 25.9 Å². The minimum absolute atomic E-state index is 0.202. The van der Waals surface area contributed by atoms with Crippen molar-refractivity contribution in [3.63, 3.8) is 0 Å². The van der Waals surface area contributed by atoms with E-state index in [1.807, 2.05) is 17.0 Å². The molecular weight excluding hydrogens is 316 g/mol. The Balaban J connectivity index is 1.33. The van der Waals surface area contributed by atoms with Gasteiger partial charge in [-0.15, -0.1) is 0 Å². The summed E-state index contributed by atoms with van der Waals surface area (Å²) < 4.78 is 10.9. The van der Waals surface area contributed by atoms with Crippen LogP contribution in [0.3, 0.4) is 0 Å². The van der Waals surface area contributed by atoms with Crippen LogP contribution in [0.25, 0.3) is 0 Å². The van der Waals surface area contributed by atoms with Gasteiger partial charge in [-0.2, -0.15) is 0 Å². The average Bonchev–Trinajstić information content (AvgIpc) is 3.35. The number of amides is 1. The van der Waals surface area contributed by atoms with Crippen LogP contribution in [0.15, 0.2) is 47.1 Å². The van der Waals surface area contributed by atoms with Crippen LogP contribution in [-0.2, 0) is 16.0 Å². The van der Waals surface area contributed by atoms with Crippen LogP contribution in [0.5, 0.6) is 0 Å². The van der Waals surface area contributed by atoms with E-state index in [1.165, 1.54) is 5.69 Å². The van der Waals surface area contributed by atoms with Crippen molar-refractivity contribution < 1.29 is 13.9 Å². The Labute approximate surface area is 148 Å². The Morgan fingerprint density at radius 3 is 2.60 bits per heavy atom. The summed E-state index contributed by atoms with van der Waals surface area (Å²) in [7, 11) is 0. The Bertz CT molecular complexity index is 690. The summed E-state index contributed by atoms with van der Waals surface area (Å²) in [5, 5.41) is 0. The molecule has 3 heterocycles. The highest BCUT2D eigenvalue weighted by Gasteiger charge is 2.28. The van der Waals surface area contributed by atoms with Gasteiger partial charge in [0.2, 0.25) is 5.91 Å². The lowest BCUT2D eigenvalue weighted by Gasteiger charge is -2.29. The van der Waals surface area contributed by atoms with Crippen LogP contribution in [0.4, 0.5) is 5.69 Å². The van der Waals surface area contributed by atoms with E-state index in [1.54, 1.807) is 6.26 Å². The maximum absolute atomic E-state index is 12.6. The second kappa shape index (κ2) is 7.31. The van der Waals surface area contributed by atoms with E-state index in [2.05, 4.69) is 29.2 Å². The first kappa shape index (κ1) is 16.2. The van der Waals surface area contributed by atoms with Crippen LogP contribution >= 0.6 is 0 Å². The topological polar surface area (TPSA) is 45.9 Å². The Morgan fingerprint density at radius 2 is 1.88 bits per heavy atom. The fourth-order valence-corrected chi connectivity index (χ4v) is 3.68. The first-order chi connectivity index (χ1) is 12.3. The summed E-state index contributed by atoms with van der Waals surface area (Å²) in [5.41, 5.74) is 2.28. The van der Waals surface area contributed by atoms with Crippen LogP contribution in [0, 0.1) is 0 Å². The van der Waals surface area contributed by atoms with Crippen molar-refractivity contribution in [3.05, 3.63) is 54.0 Å². The average molecular weight is 340 g/mol. The van der Waals surface area contributed by atoms with Crippen molar-refractivity contribution in [3.8, 4) is 0 Å². The van der Waals surface area contributed by atoms with E-state index in [9.17, 15) is 4.79 Å².